The average Bonchev–Trinajstić information content (AvgIpc) is 3.03. The van der Waals surface area contributed by atoms with E-state index >= 15 is 0 Å². The van der Waals surface area contributed by atoms with Gasteiger partial charge >= 0.3 is 0 Å². The molecule has 0 unspecified atom stereocenters. The number of anilines is 1. The Hall–Kier alpha value is -3.17. The van der Waals surface area contributed by atoms with Gasteiger partial charge in [-0.3, -0.25) is 9.59 Å². The van der Waals surface area contributed by atoms with E-state index in [0.717, 1.165) is 16.5 Å². The first-order chi connectivity index (χ1) is 13.2. The van der Waals surface area contributed by atoms with Crippen LogP contribution >= 0.6 is 0 Å². The fourth-order valence-corrected chi connectivity index (χ4v) is 3.45. The summed E-state index contributed by atoms with van der Waals surface area (Å²) >= 11 is 0. The summed E-state index contributed by atoms with van der Waals surface area (Å²) in [6.45, 7) is 1.34. The highest BCUT2D eigenvalue weighted by molar-refractivity contribution is 7.89. The summed E-state index contributed by atoms with van der Waals surface area (Å²) in [6.07, 6.45) is 2.11. The van der Waals surface area contributed by atoms with Crippen LogP contribution in [0.15, 0.2) is 59.6 Å². The zero-order valence-corrected chi connectivity index (χ0v) is 15.9. The summed E-state index contributed by atoms with van der Waals surface area (Å²) in [5.74, 6) is -0.742. The summed E-state index contributed by atoms with van der Waals surface area (Å²) in [4.78, 5) is 27.4. The monoisotopic (exact) mass is 400 g/mol. The number of para-hydroxylation sites is 1. The van der Waals surface area contributed by atoms with E-state index in [1.54, 1.807) is 0 Å². The Bertz CT molecular complexity index is 1120. The number of nitrogens with two attached hydrogens (primary N) is 1. The third-order valence-corrected chi connectivity index (χ3v) is 5.17. The van der Waals surface area contributed by atoms with Crippen LogP contribution in [-0.2, 0) is 26.0 Å². The number of aromatic nitrogens is 1. The van der Waals surface area contributed by atoms with E-state index in [0.29, 0.717) is 12.1 Å². The van der Waals surface area contributed by atoms with Gasteiger partial charge in [-0.25, -0.2) is 13.6 Å². The maximum absolute atomic E-state index is 12.7. The Morgan fingerprint density at radius 3 is 2.43 bits per heavy atom. The van der Waals surface area contributed by atoms with Gasteiger partial charge in [-0.1, -0.05) is 18.2 Å². The molecule has 1 heterocycles. The van der Waals surface area contributed by atoms with Crippen molar-refractivity contribution in [2.24, 2.45) is 5.14 Å². The van der Waals surface area contributed by atoms with Gasteiger partial charge in [0.05, 0.1) is 4.90 Å². The van der Waals surface area contributed by atoms with Crippen molar-refractivity contribution in [2.45, 2.75) is 24.3 Å². The second kappa shape index (κ2) is 7.83. The van der Waals surface area contributed by atoms with Crippen LogP contribution in [0, 0.1) is 0 Å². The van der Waals surface area contributed by atoms with E-state index in [4.69, 9.17) is 5.14 Å². The van der Waals surface area contributed by atoms with E-state index in [1.165, 1.54) is 31.2 Å². The Morgan fingerprint density at radius 1 is 1.11 bits per heavy atom. The molecule has 0 spiro atoms. The highest BCUT2D eigenvalue weighted by Crippen LogP contribution is 2.20. The maximum atomic E-state index is 12.7. The molecule has 3 rings (SSSR count). The molecule has 0 aliphatic rings. The van der Waals surface area contributed by atoms with Gasteiger partial charge in [-0.2, -0.15) is 0 Å². The molecule has 0 saturated heterocycles. The molecule has 3 aromatic rings. The molecule has 0 fully saturated rings. The number of sulfonamides is 1. The Balaban J connectivity index is 1.79. The van der Waals surface area contributed by atoms with Crippen molar-refractivity contribution in [1.29, 1.82) is 0 Å². The van der Waals surface area contributed by atoms with Crippen molar-refractivity contribution >= 4 is 38.4 Å². The molecule has 28 heavy (non-hydrogen) atoms. The normalized spacial score (nSPS) is 12.5. The van der Waals surface area contributed by atoms with Crippen molar-refractivity contribution in [2.75, 3.05) is 5.32 Å². The minimum absolute atomic E-state index is 0.0531. The van der Waals surface area contributed by atoms with Gasteiger partial charge in [0.25, 0.3) is 0 Å². The minimum atomic E-state index is -3.81. The zero-order chi connectivity index (χ0) is 20.3. The molecular formula is C19H20N4O4S. The number of hydrogen-bond donors (Lipinski definition) is 4. The van der Waals surface area contributed by atoms with Crippen molar-refractivity contribution in [1.82, 2.24) is 10.3 Å². The van der Waals surface area contributed by atoms with Crippen LogP contribution < -0.4 is 15.8 Å². The molecule has 0 bridgehead atoms. The molecule has 9 heteroatoms. The predicted molar refractivity (Wildman–Crippen MR) is 106 cm³/mol. The molecule has 1 aromatic heterocycles. The van der Waals surface area contributed by atoms with Crippen LogP contribution in [-0.4, -0.2) is 31.3 Å². The standard InChI is InChI=1S/C19H20N4O4S/c1-12(24)22-18(10-13-11-21-17-5-3-2-4-16(13)17)19(25)23-14-6-8-15(9-7-14)28(20,26)27/h2-9,11,18,21H,10H2,1H3,(H,22,24)(H,23,25)(H2,20,26,27)/t18-/m1/s1. The third kappa shape index (κ3) is 4.56. The topological polar surface area (TPSA) is 134 Å². The SMILES string of the molecule is CC(=O)N[C@H](Cc1c[nH]c2ccccc12)C(=O)Nc1ccc(S(N)(=O)=O)cc1. The number of amides is 2. The van der Waals surface area contributed by atoms with Crippen LogP contribution in [0.2, 0.25) is 0 Å². The van der Waals surface area contributed by atoms with E-state index in [2.05, 4.69) is 15.6 Å². The molecule has 0 aliphatic heterocycles. The lowest BCUT2D eigenvalue weighted by molar-refractivity contribution is -0.125. The number of H-pyrrole nitrogens is 1. The number of rotatable bonds is 6. The van der Waals surface area contributed by atoms with Crippen LogP contribution in [0.4, 0.5) is 5.69 Å². The predicted octanol–water partition coefficient (Wildman–Crippen LogP) is 1.50. The van der Waals surface area contributed by atoms with E-state index in [9.17, 15) is 18.0 Å². The molecule has 5 N–H and O–H groups in total. The average molecular weight is 400 g/mol. The second-order valence-corrected chi connectivity index (χ2v) is 7.94. The molecule has 0 saturated carbocycles. The van der Waals surface area contributed by atoms with Crippen LogP contribution in [0.5, 0.6) is 0 Å². The molecule has 2 amide bonds. The molecule has 0 radical (unpaired) electrons. The van der Waals surface area contributed by atoms with Crippen LogP contribution in [0.1, 0.15) is 12.5 Å². The van der Waals surface area contributed by atoms with Crippen molar-refractivity contribution < 1.29 is 18.0 Å². The highest BCUT2D eigenvalue weighted by Gasteiger charge is 2.22. The fourth-order valence-electron chi connectivity index (χ4n) is 2.93. The van der Waals surface area contributed by atoms with Gasteiger partial charge < -0.3 is 15.6 Å². The molecule has 2 aromatic carbocycles. The number of benzene rings is 2. The van der Waals surface area contributed by atoms with Gasteiger partial charge in [-0.15, -0.1) is 0 Å². The first-order valence-corrected chi connectivity index (χ1v) is 10.0. The van der Waals surface area contributed by atoms with Crippen molar-refractivity contribution in [3.8, 4) is 0 Å². The quantitative estimate of drug-likeness (QED) is 0.499. The summed E-state index contributed by atoms with van der Waals surface area (Å²) in [5.41, 5.74) is 2.24. The van der Waals surface area contributed by atoms with Gasteiger partial charge in [0.1, 0.15) is 6.04 Å². The zero-order valence-electron chi connectivity index (χ0n) is 15.1. The number of nitrogens with one attached hydrogen (secondary N) is 3. The number of primary sulfonamides is 1. The number of fused-ring (bicyclic) bond motifs is 1. The summed E-state index contributed by atoms with van der Waals surface area (Å²) in [5, 5.41) is 11.4. The van der Waals surface area contributed by atoms with Crippen LogP contribution in [0.25, 0.3) is 10.9 Å². The van der Waals surface area contributed by atoms with Gasteiger partial charge in [-0.05, 0) is 35.9 Å². The Morgan fingerprint density at radius 2 is 1.79 bits per heavy atom. The molecule has 8 nitrogen and oxygen atoms in total. The molecular weight excluding hydrogens is 380 g/mol. The number of hydrogen-bond acceptors (Lipinski definition) is 4. The van der Waals surface area contributed by atoms with Gasteiger partial charge in [0.2, 0.25) is 21.8 Å². The lowest BCUT2D eigenvalue weighted by Gasteiger charge is -2.17. The smallest absolute Gasteiger partial charge is 0.247 e. The van der Waals surface area contributed by atoms with E-state index < -0.39 is 22.0 Å². The van der Waals surface area contributed by atoms with Gasteiger partial charge in [0.15, 0.2) is 0 Å². The fraction of sp³-hybridized carbons (Fsp3) is 0.158. The lowest BCUT2D eigenvalue weighted by atomic mass is 10.0. The Kier molecular flexibility index (Phi) is 5.48. The number of carbonyl (C=O) groups excluding carboxylic acids is 2. The summed E-state index contributed by atoms with van der Waals surface area (Å²) in [6, 6.07) is 12.4. The first kappa shape index (κ1) is 19.6. The van der Waals surface area contributed by atoms with E-state index in [1.807, 2.05) is 30.5 Å². The maximum Gasteiger partial charge on any atom is 0.247 e. The Labute approximate surface area is 162 Å². The van der Waals surface area contributed by atoms with E-state index in [-0.39, 0.29) is 10.8 Å². The third-order valence-electron chi connectivity index (χ3n) is 4.24. The van der Waals surface area contributed by atoms with Crippen molar-refractivity contribution in [3.63, 3.8) is 0 Å². The molecule has 0 aliphatic carbocycles. The van der Waals surface area contributed by atoms with Crippen LogP contribution in [0.3, 0.4) is 0 Å². The number of carbonyl (C=O) groups is 2. The lowest BCUT2D eigenvalue weighted by Crippen LogP contribution is -2.44. The largest absolute Gasteiger partial charge is 0.361 e. The minimum Gasteiger partial charge on any atom is -0.361 e. The number of aromatic amines is 1. The highest BCUT2D eigenvalue weighted by atomic mass is 32.2. The second-order valence-electron chi connectivity index (χ2n) is 6.38. The summed E-state index contributed by atoms with van der Waals surface area (Å²) in [7, 11) is -3.81. The van der Waals surface area contributed by atoms with Gasteiger partial charge in [0, 0.05) is 36.1 Å². The summed E-state index contributed by atoms with van der Waals surface area (Å²) < 4.78 is 22.6. The first-order valence-electron chi connectivity index (χ1n) is 8.50. The molecule has 1 atom stereocenters. The van der Waals surface area contributed by atoms with Crippen molar-refractivity contribution in [3.05, 3.63) is 60.3 Å². The molecule has 146 valence electrons.